The molecule has 1 aliphatic rings. The van der Waals surface area contributed by atoms with Crippen molar-refractivity contribution in [2.45, 2.75) is 71.9 Å². The molecule has 0 radical (unpaired) electrons. The van der Waals surface area contributed by atoms with Gasteiger partial charge in [0.1, 0.15) is 0 Å². The van der Waals surface area contributed by atoms with E-state index in [4.69, 9.17) is 0 Å². The maximum Gasteiger partial charge on any atom is 0.0628 e. The minimum Gasteiger partial charge on any atom is -0.314 e. The van der Waals surface area contributed by atoms with Gasteiger partial charge in [-0.05, 0) is 52.1 Å². The van der Waals surface area contributed by atoms with Crippen molar-refractivity contribution >= 4 is 0 Å². The summed E-state index contributed by atoms with van der Waals surface area (Å²) in [5.41, 5.74) is 4.00. The summed E-state index contributed by atoms with van der Waals surface area (Å²) in [5, 5.41) is 8.30. The molecule has 0 unspecified atom stereocenters. The van der Waals surface area contributed by atoms with Crippen molar-refractivity contribution in [2.24, 2.45) is 0 Å². The zero-order valence-corrected chi connectivity index (χ0v) is 12.1. The fourth-order valence-corrected chi connectivity index (χ4v) is 3.11. The van der Waals surface area contributed by atoms with E-state index in [1.807, 2.05) is 0 Å². The van der Waals surface area contributed by atoms with Gasteiger partial charge in [0.15, 0.2) is 0 Å². The van der Waals surface area contributed by atoms with Crippen LogP contribution in [0.1, 0.15) is 56.0 Å². The quantitative estimate of drug-likeness (QED) is 0.869. The fraction of sp³-hybridized carbons (Fsp3) is 0.800. The van der Waals surface area contributed by atoms with Crippen molar-refractivity contribution in [3.8, 4) is 0 Å². The average Bonchev–Trinajstić information content (AvgIpc) is 2.67. The van der Waals surface area contributed by atoms with Gasteiger partial charge in [0, 0.05) is 18.3 Å². The molecule has 1 aromatic rings. The molecular formula is C15H27N3. The summed E-state index contributed by atoms with van der Waals surface area (Å²) >= 11 is 0. The Morgan fingerprint density at radius 2 is 1.94 bits per heavy atom. The van der Waals surface area contributed by atoms with E-state index in [2.05, 4.69) is 35.9 Å². The van der Waals surface area contributed by atoms with Crippen LogP contribution in [0.4, 0.5) is 0 Å². The van der Waals surface area contributed by atoms with Gasteiger partial charge >= 0.3 is 0 Å². The van der Waals surface area contributed by atoms with Crippen molar-refractivity contribution in [3.63, 3.8) is 0 Å². The van der Waals surface area contributed by atoms with Crippen molar-refractivity contribution in [1.29, 1.82) is 0 Å². The molecule has 2 rings (SSSR count). The molecule has 0 saturated heterocycles. The van der Waals surface area contributed by atoms with Crippen LogP contribution in [-0.2, 0) is 13.0 Å². The molecular weight excluding hydrogens is 222 g/mol. The summed E-state index contributed by atoms with van der Waals surface area (Å²) in [6.45, 7) is 8.56. The topological polar surface area (TPSA) is 29.9 Å². The van der Waals surface area contributed by atoms with Crippen LogP contribution in [0.15, 0.2) is 0 Å². The van der Waals surface area contributed by atoms with Crippen LogP contribution in [0.5, 0.6) is 0 Å². The Balaban J connectivity index is 1.84. The van der Waals surface area contributed by atoms with E-state index in [9.17, 15) is 0 Å². The van der Waals surface area contributed by atoms with Crippen LogP contribution >= 0.6 is 0 Å². The number of aromatic nitrogens is 2. The van der Waals surface area contributed by atoms with Crippen molar-refractivity contribution < 1.29 is 0 Å². The van der Waals surface area contributed by atoms with Gasteiger partial charge in [-0.15, -0.1) is 0 Å². The van der Waals surface area contributed by atoms with Crippen LogP contribution in [0.3, 0.4) is 0 Å². The second-order valence-corrected chi connectivity index (χ2v) is 5.50. The zero-order valence-electron chi connectivity index (χ0n) is 12.1. The van der Waals surface area contributed by atoms with E-state index in [0.29, 0.717) is 0 Å². The lowest BCUT2D eigenvalue weighted by atomic mass is 9.95. The molecule has 1 aliphatic carbocycles. The third kappa shape index (κ3) is 3.14. The summed E-state index contributed by atoms with van der Waals surface area (Å²) in [4.78, 5) is 0. The molecule has 0 spiro atoms. The largest absolute Gasteiger partial charge is 0.314 e. The van der Waals surface area contributed by atoms with Crippen molar-refractivity contribution in [2.75, 3.05) is 6.54 Å². The van der Waals surface area contributed by atoms with E-state index < -0.39 is 0 Å². The van der Waals surface area contributed by atoms with Gasteiger partial charge in [0.05, 0.1) is 5.69 Å². The lowest BCUT2D eigenvalue weighted by molar-refractivity contribution is 0.375. The summed E-state index contributed by atoms with van der Waals surface area (Å²) < 4.78 is 2.12. The standard InChI is InChI=1S/C15H27N3/c1-4-18-13(3)15(12(2)17-18)10-11-16-14-8-6-5-7-9-14/h14,16H,4-11H2,1-3H3. The van der Waals surface area contributed by atoms with Crippen molar-refractivity contribution in [1.82, 2.24) is 15.1 Å². The van der Waals surface area contributed by atoms with Crippen LogP contribution in [-0.4, -0.2) is 22.4 Å². The molecule has 0 atom stereocenters. The Hall–Kier alpha value is -0.830. The number of hydrogen-bond acceptors (Lipinski definition) is 2. The third-order valence-corrected chi connectivity index (χ3v) is 4.24. The SMILES string of the molecule is CCn1nc(C)c(CCNC2CCCCC2)c1C. The van der Waals surface area contributed by atoms with Crippen LogP contribution < -0.4 is 5.32 Å². The number of aryl methyl sites for hydroxylation is 2. The van der Waals surface area contributed by atoms with Gasteiger partial charge in [-0.3, -0.25) is 4.68 Å². The maximum absolute atomic E-state index is 4.58. The monoisotopic (exact) mass is 249 g/mol. The zero-order chi connectivity index (χ0) is 13.0. The van der Waals surface area contributed by atoms with Gasteiger partial charge in [-0.25, -0.2) is 0 Å². The van der Waals surface area contributed by atoms with Crippen LogP contribution in [0.25, 0.3) is 0 Å². The summed E-state index contributed by atoms with van der Waals surface area (Å²) in [7, 11) is 0. The number of rotatable bonds is 5. The second kappa shape index (κ2) is 6.37. The Labute approximate surface area is 111 Å². The minimum atomic E-state index is 0.764. The van der Waals surface area contributed by atoms with Crippen LogP contribution in [0, 0.1) is 13.8 Å². The smallest absolute Gasteiger partial charge is 0.0628 e. The highest BCUT2D eigenvalue weighted by Crippen LogP contribution is 2.18. The molecule has 1 aromatic heterocycles. The average molecular weight is 249 g/mol. The summed E-state index contributed by atoms with van der Waals surface area (Å²) in [5.74, 6) is 0. The van der Waals surface area contributed by atoms with E-state index in [-0.39, 0.29) is 0 Å². The number of nitrogens with zero attached hydrogens (tertiary/aromatic N) is 2. The molecule has 18 heavy (non-hydrogen) atoms. The molecule has 0 aromatic carbocycles. The summed E-state index contributed by atoms with van der Waals surface area (Å²) in [6.07, 6.45) is 8.10. The predicted octanol–water partition coefficient (Wildman–Crippen LogP) is 2.98. The molecule has 0 amide bonds. The van der Waals surface area contributed by atoms with E-state index in [1.54, 1.807) is 0 Å². The van der Waals surface area contributed by atoms with Crippen LogP contribution in [0.2, 0.25) is 0 Å². The predicted molar refractivity (Wildman–Crippen MR) is 76.0 cm³/mol. The Bertz CT molecular complexity index is 375. The van der Waals surface area contributed by atoms with E-state index in [0.717, 1.165) is 25.6 Å². The molecule has 1 heterocycles. The first-order chi connectivity index (χ1) is 8.72. The van der Waals surface area contributed by atoms with Gasteiger partial charge in [0.25, 0.3) is 0 Å². The number of nitrogens with one attached hydrogen (secondary N) is 1. The molecule has 102 valence electrons. The van der Waals surface area contributed by atoms with Gasteiger partial charge in [-0.2, -0.15) is 5.10 Å². The lowest BCUT2D eigenvalue weighted by Gasteiger charge is -2.22. The van der Waals surface area contributed by atoms with Crippen molar-refractivity contribution in [3.05, 3.63) is 17.0 Å². The Morgan fingerprint density at radius 3 is 2.56 bits per heavy atom. The third-order valence-electron chi connectivity index (χ3n) is 4.24. The molecule has 3 nitrogen and oxygen atoms in total. The highest BCUT2D eigenvalue weighted by Gasteiger charge is 2.14. The molecule has 1 saturated carbocycles. The highest BCUT2D eigenvalue weighted by molar-refractivity contribution is 5.24. The molecule has 1 fully saturated rings. The Morgan fingerprint density at radius 1 is 1.22 bits per heavy atom. The first-order valence-electron chi connectivity index (χ1n) is 7.48. The van der Waals surface area contributed by atoms with Gasteiger partial charge in [-0.1, -0.05) is 19.3 Å². The summed E-state index contributed by atoms with van der Waals surface area (Å²) in [6, 6.07) is 0.764. The second-order valence-electron chi connectivity index (χ2n) is 5.50. The molecule has 3 heteroatoms. The molecule has 1 N–H and O–H groups in total. The highest BCUT2D eigenvalue weighted by atomic mass is 15.3. The normalized spacial score (nSPS) is 17.3. The molecule has 0 bridgehead atoms. The van der Waals surface area contributed by atoms with E-state index in [1.165, 1.54) is 49.1 Å². The van der Waals surface area contributed by atoms with E-state index >= 15 is 0 Å². The lowest BCUT2D eigenvalue weighted by Crippen LogP contribution is -2.32. The molecule has 0 aliphatic heterocycles. The fourth-order valence-electron chi connectivity index (χ4n) is 3.11. The Kier molecular flexibility index (Phi) is 4.81. The first-order valence-corrected chi connectivity index (χ1v) is 7.48. The van der Waals surface area contributed by atoms with Gasteiger partial charge < -0.3 is 5.32 Å². The minimum absolute atomic E-state index is 0.764. The maximum atomic E-state index is 4.58. The number of hydrogen-bond donors (Lipinski definition) is 1. The first kappa shape index (κ1) is 13.6. The van der Waals surface area contributed by atoms with Gasteiger partial charge in [0.2, 0.25) is 0 Å².